The summed E-state index contributed by atoms with van der Waals surface area (Å²) in [5.74, 6) is 0.861. The lowest BCUT2D eigenvalue weighted by Gasteiger charge is -2.11. The van der Waals surface area contributed by atoms with Gasteiger partial charge in [0, 0.05) is 27.9 Å². The first-order chi connectivity index (χ1) is 16.7. The van der Waals surface area contributed by atoms with Crippen LogP contribution in [0.15, 0.2) is 85.3 Å². The summed E-state index contributed by atoms with van der Waals surface area (Å²) in [7, 11) is 0. The second-order valence-corrected chi connectivity index (χ2v) is 8.85. The molecule has 3 heterocycles. The number of anilines is 2. The van der Waals surface area contributed by atoms with E-state index in [4.69, 9.17) is 5.73 Å². The first kappa shape index (κ1) is 21.5. The van der Waals surface area contributed by atoms with Crippen LogP contribution in [-0.2, 0) is 13.1 Å². The molecule has 7 nitrogen and oxygen atoms in total. The van der Waals surface area contributed by atoms with E-state index in [1.807, 2.05) is 48.5 Å². The summed E-state index contributed by atoms with van der Waals surface area (Å²) < 4.78 is 0. The number of fused-ring (bicyclic) bond motifs is 1. The lowest BCUT2D eigenvalue weighted by atomic mass is 10.1. The van der Waals surface area contributed by atoms with Crippen molar-refractivity contribution < 1.29 is 4.79 Å². The quantitative estimate of drug-likeness (QED) is 0.316. The van der Waals surface area contributed by atoms with Crippen LogP contribution in [0.3, 0.4) is 0 Å². The number of nitrogens with zero attached hydrogens (tertiary/aromatic N) is 3. The number of carbonyl (C=O) groups excluding carboxylic acids is 1. The fourth-order valence-electron chi connectivity index (χ4n) is 3.63. The van der Waals surface area contributed by atoms with Crippen LogP contribution < -0.4 is 16.4 Å². The zero-order valence-electron chi connectivity index (χ0n) is 18.2. The number of hydrogen-bond acceptors (Lipinski definition) is 7. The van der Waals surface area contributed by atoms with Crippen LogP contribution in [-0.4, -0.2) is 20.9 Å². The van der Waals surface area contributed by atoms with Crippen LogP contribution in [0.5, 0.6) is 0 Å². The van der Waals surface area contributed by atoms with Crippen molar-refractivity contribution in [3.8, 4) is 10.4 Å². The molecule has 0 aliphatic heterocycles. The molecule has 8 heteroatoms. The molecule has 168 valence electrons. The molecule has 4 N–H and O–H groups in total. The number of hydrogen-bond donors (Lipinski definition) is 3. The molecule has 0 radical (unpaired) electrons. The highest BCUT2D eigenvalue weighted by Crippen LogP contribution is 2.31. The summed E-state index contributed by atoms with van der Waals surface area (Å²) in [5.41, 5.74) is 9.46. The van der Waals surface area contributed by atoms with E-state index in [-0.39, 0.29) is 5.91 Å². The number of pyridine rings is 1. The molecule has 0 saturated carbocycles. The van der Waals surface area contributed by atoms with Gasteiger partial charge in [0.05, 0.1) is 17.6 Å². The predicted molar refractivity (Wildman–Crippen MR) is 136 cm³/mol. The van der Waals surface area contributed by atoms with E-state index in [9.17, 15) is 4.79 Å². The van der Waals surface area contributed by atoms with Gasteiger partial charge < -0.3 is 16.4 Å². The standard InChI is InChI=1S/C26H22N6OS/c27-24-21-13-18(8-10-22(21)31-16-32-24)23-11-9-19(34-23)15-29-25-20(7-4-12-28-25)26(33)30-14-17-5-2-1-3-6-17/h1-13,16H,14-15H2,(H,28,29)(H,30,33)(H2,27,31,32). The fraction of sp³-hybridized carbons (Fsp3) is 0.0769. The van der Waals surface area contributed by atoms with Gasteiger partial charge in [-0.1, -0.05) is 36.4 Å². The first-order valence-electron chi connectivity index (χ1n) is 10.8. The average molecular weight is 467 g/mol. The Morgan fingerprint density at radius 2 is 1.79 bits per heavy atom. The summed E-state index contributed by atoms with van der Waals surface area (Å²) in [6, 6.07) is 23.5. The van der Waals surface area contributed by atoms with Crippen LogP contribution in [0, 0.1) is 0 Å². The molecule has 3 aromatic heterocycles. The van der Waals surface area contributed by atoms with Gasteiger partial charge in [0.25, 0.3) is 5.91 Å². The molecule has 34 heavy (non-hydrogen) atoms. The van der Waals surface area contributed by atoms with E-state index in [1.54, 1.807) is 29.7 Å². The van der Waals surface area contributed by atoms with Crippen molar-refractivity contribution in [2.75, 3.05) is 11.1 Å². The topological polar surface area (TPSA) is 106 Å². The lowest BCUT2D eigenvalue weighted by Crippen LogP contribution is -2.24. The van der Waals surface area contributed by atoms with Gasteiger partial charge in [-0.05, 0) is 47.5 Å². The predicted octanol–water partition coefficient (Wildman–Crippen LogP) is 4.88. The third-order valence-electron chi connectivity index (χ3n) is 5.39. The number of nitrogens with one attached hydrogen (secondary N) is 2. The Labute approximate surface area is 200 Å². The van der Waals surface area contributed by atoms with Crippen molar-refractivity contribution in [2.45, 2.75) is 13.1 Å². The molecule has 5 aromatic rings. The van der Waals surface area contributed by atoms with Crippen molar-refractivity contribution >= 4 is 39.8 Å². The fourth-order valence-corrected chi connectivity index (χ4v) is 4.58. The van der Waals surface area contributed by atoms with Crippen molar-refractivity contribution in [1.29, 1.82) is 0 Å². The molecule has 2 aromatic carbocycles. The molecule has 5 rings (SSSR count). The zero-order valence-corrected chi connectivity index (χ0v) is 19.0. The van der Waals surface area contributed by atoms with E-state index in [0.717, 1.165) is 31.8 Å². The molecule has 0 fully saturated rings. The summed E-state index contributed by atoms with van der Waals surface area (Å²) in [4.78, 5) is 27.7. The monoisotopic (exact) mass is 466 g/mol. The molecular weight excluding hydrogens is 444 g/mol. The minimum atomic E-state index is -0.165. The summed E-state index contributed by atoms with van der Waals surface area (Å²) in [5, 5.41) is 7.11. The van der Waals surface area contributed by atoms with Crippen LogP contribution >= 0.6 is 11.3 Å². The van der Waals surface area contributed by atoms with Gasteiger partial charge in [0.1, 0.15) is 18.0 Å². The highest BCUT2D eigenvalue weighted by Gasteiger charge is 2.13. The van der Waals surface area contributed by atoms with E-state index < -0.39 is 0 Å². The maximum atomic E-state index is 12.8. The molecule has 0 atom stereocenters. The Morgan fingerprint density at radius 1 is 0.912 bits per heavy atom. The number of aromatic nitrogens is 3. The van der Waals surface area contributed by atoms with Crippen molar-refractivity contribution in [2.24, 2.45) is 0 Å². The Morgan fingerprint density at radius 3 is 2.68 bits per heavy atom. The molecule has 0 unspecified atom stereocenters. The normalized spacial score (nSPS) is 10.8. The maximum absolute atomic E-state index is 12.8. The summed E-state index contributed by atoms with van der Waals surface area (Å²) in [6.45, 7) is 1.02. The van der Waals surface area contributed by atoms with Gasteiger partial charge in [-0.2, -0.15) is 0 Å². The number of amides is 1. The van der Waals surface area contributed by atoms with Gasteiger partial charge in [-0.3, -0.25) is 4.79 Å². The summed E-state index contributed by atoms with van der Waals surface area (Å²) in [6.07, 6.45) is 3.15. The third-order valence-corrected chi connectivity index (χ3v) is 6.52. The van der Waals surface area contributed by atoms with E-state index in [1.165, 1.54) is 6.33 Å². The highest BCUT2D eigenvalue weighted by molar-refractivity contribution is 7.15. The van der Waals surface area contributed by atoms with Gasteiger partial charge >= 0.3 is 0 Å². The number of nitrogen functional groups attached to an aromatic ring is 1. The van der Waals surface area contributed by atoms with E-state index >= 15 is 0 Å². The van der Waals surface area contributed by atoms with Crippen LogP contribution in [0.1, 0.15) is 20.8 Å². The molecule has 0 aliphatic rings. The summed E-state index contributed by atoms with van der Waals surface area (Å²) >= 11 is 1.67. The second kappa shape index (κ2) is 9.68. The van der Waals surface area contributed by atoms with Crippen molar-refractivity contribution in [1.82, 2.24) is 20.3 Å². The molecule has 0 spiro atoms. The molecule has 0 bridgehead atoms. The highest BCUT2D eigenvalue weighted by atomic mass is 32.1. The smallest absolute Gasteiger partial charge is 0.255 e. The van der Waals surface area contributed by atoms with Crippen molar-refractivity contribution in [3.05, 3.63) is 101 Å². The van der Waals surface area contributed by atoms with Crippen LogP contribution in [0.4, 0.5) is 11.6 Å². The Bertz CT molecular complexity index is 1450. The van der Waals surface area contributed by atoms with Crippen LogP contribution in [0.2, 0.25) is 0 Å². The van der Waals surface area contributed by atoms with Crippen LogP contribution in [0.25, 0.3) is 21.3 Å². The number of nitrogens with two attached hydrogens (primary N) is 1. The number of thiophene rings is 1. The average Bonchev–Trinajstić information content (AvgIpc) is 3.36. The van der Waals surface area contributed by atoms with Gasteiger partial charge in [0.15, 0.2) is 0 Å². The first-order valence-corrected chi connectivity index (χ1v) is 11.6. The second-order valence-electron chi connectivity index (χ2n) is 7.68. The lowest BCUT2D eigenvalue weighted by molar-refractivity contribution is 0.0951. The van der Waals surface area contributed by atoms with Gasteiger partial charge in [-0.15, -0.1) is 11.3 Å². The Hall–Kier alpha value is -4.30. The zero-order chi connectivity index (χ0) is 23.3. The molecule has 0 saturated heterocycles. The van der Waals surface area contributed by atoms with E-state index in [2.05, 4.69) is 37.7 Å². The Balaban J connectivity index is 1.27. The van der Waals surface area contributed by atoms with E-state index in [0.29, 0.717) is 30.3 Å². The SMILES string of the molecule is Nc1ncnc2ccc(-c3ccc(CNc4ncccc4C(=O)NCc4ccccc4)s3)cc12. The molecule has 0 aliphatic carbocycles. The minimum absolute atomic E-state index is 0.165. The number of carbonyl (C=O) groups is 1. The van der Waals surface area contributed by atoms with Crippen molar-refractivity contribution in [3.63, 3.8) is 0 Å². The van der Waals surface area contributed by atoms with Gasteiger partial charge in [0.2, 0.25) is 0 Å². The van der Waals surface area contributed by atoms with Gasteiger partial charge in [-0.25, -0.2) is 15.0 Å². The third kappa shape index (κ3) is 4.72. The number of benzene rings is 2. The number of rotatable bonds is 7. The largest absolute Gasteiger partial charge is 0.383 e. The maximum Gasteiger partial charge on any atom is 0.255 e. The minimum Gasteiger partial charge on any atom is -0.383 e. The Kier molecular flexibility index (Phi) is 6.13. The molecular formula is C26H22N6OS. The molecule has 1 amide bonds.